The fourth-order valence-electron chi connectivity index (χ4n) is 3.20. The van der Waals surface area contributed by atoms with Crippen LogP contribution in [0, 0.1) is 12.8 Å². The number of aryl methyl sites for hydroxylation is 1. The number of esters is 1. The zero-order valence-corrected chi connectivity index (χ0v) is 14.9. The molecule has 1 atom stereocenters. The summed E-state index contributed by atoms with van der Waals surface area (Å²) in [5, 5.41) is 3.46. The molecule has 0 aliphatic heterocycles. The van der Waals surface area contributed by atoms with Gasteiger partial charge in [0, 0.05) is 4.88 Å². The van der Waals surface area contributed by atoms with Crippen molar-refractivity contribution in [3.63, 3.8) is 0 Å². The van der Waals surface area contributed by atoms with Gasteiger partial charge in [0.25, 0.3) is 5.91 Å². The Kier molecular flexibility index (Phi) is 4.76. The summed E-state index contributed by atoms with van der Waals surface area (Å²) in [7, 11) is 1.37. The molecule has 5 nitrogen and oxygen atoms in total. The second-order valence-corrected chi connectivity index (χ2v) is 7.17. The normalized spacial score (nSPS) is 16.5. The maximum absolute atomic E-state index is 12.5. The van der Waals surface area contributed by atoms with Crippen molar-refractivity contribution in [1.82, 2.24) is 0 Å². The Morgan fingerprint density at radius 1 is 1.46 bits per heavy atom. The van der Waals surface area contributed by atoms with Gasteiger partial charge in [-0.3, -0.25) is 4.79 Å². The van der Waals surface area contributed by atoms with Gasteiger partial charge in [-0.1, -0.05) is 13.3 Å². The smallest absolute Gasteiger partial charge is 0.341 e. The van der Waals surface area contributed by atoms with Crippen molar-refractivity contribution < 1.29 is 18.7 Å². The van der Waals surface area contributed by atoms with Gasteiger partial charge in [-0.25, -0.2) is 4.79 Å². The topological polar surface area (TPSA) is 68.5 Å². The van der Waals surface area contributed by atoms with E-state index in [1.807, 2.05) is 0 Å². The van der Waals surface area contributed by atoms with Crippen molar-refractivity contribution in [2.75, 3.05) is 12.4 Å². The number of amides is 1. The molecule has 0 saturated carbocycles. The van der Waals surface area contributed by atoms with Crippen LogP contribution >= 0.6 is 11.3 Å². The van der Waals surface area contributed by atoms with Crippen LogP contribution in [0.4, 0.5) is 5.00 Å². The molecule has 6 heteroatoms. The molecule has 0 radical (unpaired) electrons. The lowest BCUT2D eigenvalue weighted by Crippen LogP contribution is -2.16. The quantitative estimate of drug-likeness (QED) is 0.842. The van der Waals surface area contributed by atoms with E-state index in [2.05, 4.69) is 12.2 Å². The number of carbonyl (C=O) groups is 2. The standard InChI is InChI=1S/C18H21NO4S/c1-4-11-5-6-13-14(9-11)24-17(15(13)18(21)22-3)19-16(20)12-7-8-23-10(12)2/h7-8,11H,4-6,9H2,1-3H3,(H,19,20)/t11-/m1/s1. The van der Waals surface area contributed by atoms with Gasteiger partial charge in [-0.2, -0.15) is 0 Å². The largest absolute Gasteiger partial charge is 0.469 e. The van der Waals surface area contributed by atoms with E-state index in [0.717, 1.165) is 31.2 Å². The first-order valence-electron chi connectivity index (χ1n) is 8.13. The second kappa shape index (κ2) is 6.81. The number of hydrogen-bond acceptors (Lipinski definition) is 5. The molecule has 24 heavy (non-hydrogen) atoms. The summed E-state index contributed by atoms with van der Waals surface area (Å²) < 4.78 is 10.1. The summed E-state index contributed by atoms with van der Waals surface area (Å²) in [6.07, 6.45) is 5.49. The third-order valence-corrected chi connectivity index (χ3v) is 5.83. The Labute approximate surface area is 145 Å². The number of furan rings is 1. The summed E-state index contributed by atoms with van der Waals surface area (Å²) in [5.41, 5.74) is 2.03. The first-order chi connectivity index (χ1) is 11.5. The lowest BCUT2D eigenvalue weighted by molar-refractivity contribution is 0.0601. The van der Waals surface area contributed by atoms with E-state index < -0.39 is 0 Å². The molecular weight excluding hydrogens is 326 g/mol. The van der Waals surface area contributed by atoms with E-state index in [4.69, 9.17) is 9.15 Å². The number of hydrogen-bond donors (Lipinski definition) is 1. The molecule has 1 aliphatic carbocycles. The summed E-state index contributed by atoms with van der Waals surface area (Å²) in [6, 6.07) is 1.63. The molecule has 0 spiro atoms. The van der Waals surface area contributed by atoms with Gasteiger partial charge in [0.05, 0.1) is 24.5 Å². The van der Waals surface area contributed by atoms with Crippen LogP contribution in [0.3, 0.4) is 0 Å². The molecule has 2 aromatic rings. The molecule has 0 saturated heterocycles. The van der Waals surface area contributed by atoms with Crippen molar-refractivity contribution in [2.24, 2.45) is 5.92 Å². The second-order valence-electron chi connectivity index (χ2n) is 6.06. The van der Waals surface area contributed by atoms with E-state index in [0.29, 0.717) is 27.8 Å². The summed E-state index contributed by atoms with van der Waals surface area (Å²) in [6.45, 7) is 3.93. The van der Waals surface area contributed by atoms with Crippen LogP contribution in [0.15, 0.2) is 16.7 Å². The number of ether oxygens (including phenoxy) is 1. The molecule has 1 aliphatic rings. The number of carbonyl (C=O) groups excluding carboxylic acids is 2. The first-order valence-corrected chi connectivity index (χ1v) is 8.95. The summed E-state index contributed by atoms with van der Waals surface area (Å²) >= 11 is 1.49. The van der Waals surface area contributed by atoms with E-state index >= 15 is 0 Å². The average Bonchev–Trinajstić information content (AvgIpc) is 3.16. The van der Waals surface area contributed by atoms with Gasteiger partial charge in [0.15, 0.2) is 0 Å². The van der Waals surface area contributed by atoms with Crippen LogP contribution in [0.1, 0.15) is 56.7 Å². The summed E-state index contributed by atoms with van der Waals surface area (Å²) in [5.74, 6) is 0.541. The fraction of sp³-hybridized carbons (Fsp3) is 0.444. The molecule has 0 aromatic carbocycles. The lowest BCUT2D eigenvalue weighted by atomic mass is 9.85. The maximum atomic E-state index is 12.5. The fourth-order valence-corrected chi connectivity index (χ4v) is 4.54. The highest BCUT2D eigenvalue weighted by Crippen LogP contribution is 2.41. The number of rotatable bonds is 4. The molecule has 3 rings (SSSR count). The molecule has 128 valence electrons. The molecule has 0 unspecified atom stereocenters. The molecular formula is C18H21NO4S. The Morgan fingerprint density at radius 3 is 2.88 bits per heavy atom. The Bertz CT molecular complexity index is 774. The number of nitrogens with one attached hydrogen (secondary N) is 1. The molecule has 1 N–H and O–H groups in total. The van der Waals surface area contributed by atoms with Crippen LogP contribution < -0.4 is 5.32 Å². The van der Waals surface area contributed by atoms with Gasteiger partial charge in [-0.05, 0) is 43.7 Å². The monoisotopic (exact) mass is 347 g/mol. The molecule has 0 bridgehead atoms. The zero-order chi connectivity index (χ0) is 17.3. The zero-order valence-electron chi connectivity index (χ0n) is 14.1. The Hall–Kier alpha value is -2.08. The lowest BCUT2D eigenvalue weighted by Gasteiger charge is -2.20. The minimum absolute atomic E-state index is 0.267. The van der Waals surface area contributed by atoms with E-state index in [1.54, 1.807) is 13.0 Å². The first kappa shape index (κ1) is 16.8. The number of fused-ring (bicyclic) bond motifs is 1. The van der Waals surface area contributed by atoms with Crippen molar-refractivity contribution in [3.8, 4) is 0 Å². The van der Waals surface area contributed by atoms with Crippen molar-refractivity contribution in [2.45, 2.75) is 39.5 Å². The molecule has 0 fully saturated rings. The minimum atomic E-state index is -0.387. The van der Waals surface area contributed by atoms with E-state index in [9.17, 15) is 9.59 Å². The number of anilines is 1. The molecule has 2 aromatic heterocycles. The van der Waals surface area contributed by atoms with Gasteiger partial charge >= 0.3 is 5.97 Å². The Balaban J connectivity index is 1.95. The predicted octanol–water partition coefficient (Wildman–Crippen LogP) is 4.20. The van der Waals surface area contributed by atoms with Crippen LogP contribution in [0.25, 0.3) is 0 Å². The third-order valence-electron chi connectivity index (χ3n) is 4.66. The van der Waals surface area contributed by atoms with Crippen molar-refractivity contribution in [1.29, 1.82) is 0 Å². The molecule has 1 amide bonds. The maximum Gasteiger partial charge on any atom is 0.341 e. The Morgan fingerprint density at radius 2 is 2.25 bits per heavy atom. The van der Waals surface area contributed by atoms with Gasteiger partial charge in [0.2, 0.25) is 0 Å². The number of thiophene rings is 1. The number of methoxy groups -OCH3 is 1. The summed E-state index contributed by atoms with van der Waals surface area (Å²) in [4.78, 5) is 25.9. The van der Waals surface area contributed by atoms with Crippen molar-refractivity contribution >= 4 is 28.2 Å². The third kappa shape index (κ3) is 2.98. The van der Waals surface area contributed by atoms with Crippen molar-refractivity contribution in [3.05, 3.63) is 39.7 Å². The van der Waals surface area contributed by atoms with Gasteiger partial charge in [0.1, 0.15) is 10.8 Å². The SMILES string of the molecule is CC[C@@H]1CCc2c(sc(NC(=O)c3ccoc3C)c2C(=O)OC)C1. The molecule has 2 heterocycles. The van der Waals surface area contributed by atoms with E-state index in [1.165, 1.54) is 29.6 Å². The van der Waals surface area contributed by atoms with Gasteiger partial charge < -0.3 is 14.5 Å². The average molecular weight is 347 g/mol. The highest BCUT2D eigenvalue weighted by atomic mass is 32.1. The van der Waals surface area contributed by atoms with E-state index in [-0.39, 0.29) is 11.9 Å². The van der Waals surface area contributed by atoms with Crippen LogP contribution in [-0.2, 0) is 17.6 Å². The predicted molar refractivity (Wildman–Crippen MR) is 92.9 cm³/mol. The highest BCUT2D eigenvalue weighted by molar-refractivity contribution is 7.17. The van der Waals surface area contributed by atoms with Crippen LogP contribution in [0.2, 0.25) is 0 Å². The van der Waals surface area contributed by atoms with Crippen LogP contribution in [0.5, 0.6) is 0 Å². The van der Waals surface area contributed by atoms with Gasteiger partial charge in [-0.15, -0.1) is 11.3 Å². The highest BCUT2D eigenvalue weighted by Gasteiger charge is 2.30. The van der Waals surface area contributed by atoms with Crippen LogP contribution in [-0.4, -0.2) is 19.0 Å². The minimum Gasteiger partial charge on any atom is -0.469 e.